The summed E-state index contributed by atoms with van der Waals surface area (Å²) >= 11 is 0. The summed E-state index contributed by atoms with van der Waals surface area (Å²) in [5.41, 5.74) is 5.54. The van der Waals surface area contributed by atoms with Gasteiger partial charge in [-0.2, -0.15) is 0 Å². The molecule has 2 aromatic carbocycles. The molecule has 5 nitrogen and oxygen atoms in total. The third-order valence-corrected chi connectivity index (χ3v) is 5.10. The van der Waals surface area contributed by atoms with Gasteiger partial charge in [0.15, 0.2) is 0 Å². The molecule has 0 aliphatic heterocycles. The van der Waals surface area contributed by atoms with Crippen LogP contribution in [0.3, 0.4) is 0 Å². The smallest absolute Gasteiger partial charge is 0.251 e. The molecule has 0 saturated carbocycles. The number of hydrogen-bond donors (Lipinski definition) is 1. The number of hydrogen-bond acceptors (Lipinski definition) is 3. The van der Waals surface area contributed by atoms with Crippen molar-refractivity contribution in [2.75, 3.05) is 14.1 Å². The molecule has 0 unspecified atom stereocenters. The topological polar surface area (TPSA) is 62.3 Å². The average Bonchev–Trinajstić information content (AvgIpc) is 2.70. The Bertz CT molecular complexity index is 1030. The summed E-state index contributed by atoms with van der Waals surface area (Å²) in [5, 5.41) is 3.69. The number of aryl methyl sites for hydroxylation is 2. The van der Waals surface area contributed by atoms with Crippen LogP contribution >= 0.6 is 0 Å². The molecule has 28 heavy (non-hydrogen) atoms. The van der Waals surface area contributed by atoms with E-state index in [-0.39, 0.29) is 11.8 Å². The first-order valence-corrected chi connectivity index (χ1v) is 9.30. The Labute approximate surface area is 165 Å². The van der Waals surface area contributed by atoms with Crippen LogP contribution < -0.4 is 5.32 Å². The fourth-order valence-corrected chi connectivity index (χ4v) is 3.38. The Balaban J connectivity index is 1.74. The van der Waals surface area contributed by atoms with E-state index in [4.69, 9.17) is 0 Å². The van der Waals surface area contributed by atoms with Crippen molar-refractivity contribution in [3.8, 4) is 0 Å². The van der Waals surface area contributed by atoms with Gasteiger partial charge in [-0.05, 0) is 48.7 Å². The Kier molecular flexibility index (Phi) is 5.73. The lowest BCUT2D eigenvalue weighted by Gasteiger charge is -2.19. The second kappa shape index (κ2) is 8.21. The summed E-state index contributed by atoms with van der Waals surface area (Å²) in [6.45, 7) is 4.50. The number of benzene rings is 2. The van der Waals surface area contributed by atoms with Crippen LogP contribution in [-0.2, 0) is 17.8 Å². The van der Waals surface area contributed by atoms with E-state index in [2.05, 4.69) is 17.2 Å². The first-order chi connectivity index (χ1) is 13.4. The lowest BCUT2D eigenvalue weighted by atomic mass is 9.99. The molecule has 144 valence electrons. The van der Waals surface area contributed by atoms with E-state index in [0.717, 1.165) is 33.3 Å². The van der Waals surface area contributed by atoms with Crippen LogP contribution in [0.15, 0.2) is 48.5 Å². The van der Waals surface area contributed by atoms with Gasteiger partial charge in [-0.25, -0.2) is 0 Å². The molecule has 1 aromatic heterocycles. The number of pyridine rings is 1. The molecule has 0 fully saturated rings. The van der Waals surface area contributed by atoms with E-state index in [1.807, 2.05) is 43.3 Å². The zero-order valence-corrected chi connectivity index (χ0v) is 16.7. The third kappa shape index (κ3) is 4.03. The van der Waals surface area contributed by atoms with E-state index in [1.165, 1.54) is 0 Å². The van der Waals surface area contributed by atoms with Crippen LogP contribution in [0.2, 0.25) is 0 Å². The minimum atomic E-state index is -0.120. The molecule has 0 radical (unpaired) electrons. The van der Waals surface area contributed by atoms with Gasteiger partial charge < -0.3 is 10.2 Å². The molecule has 0 atom stereocenters. The fourth-order valence-electron chi connectivity index (χ4n) is 3.38. The molecule has 1 heterocycles. The Hall–Kier alpha value is -3.21. The largest absolute Gasteiger partial charge is 0.355 e. The number of rotatable bonds is 5. The number of nitrogens with zero attached hydrogens (tertiary/aromatic N) is 2. The van der Waals surface area contributed by atoms with Gasteiger partial charge in [0.05, 0.1) is 11.9 Å². The Morgan fingerprint density at radius 2 is 1.71 bits per heavy atom. The van der Waals surface area contributed by atoms with Gasteiger partial charge in [0, 0.05) is 37.3 Å². The Morgan fingerprint density at radius 1 is 1.04 bits per heavy atom. The summed E-state index contributed by atoms with van der Waals surface area (Å²) in [4.78, 5) is 30.8. The predicted octanol–water partition coefficient (Wildman–Crippen LogP) is 3.41. The molecule has 0 bridgehead atoms. The molecule has 0 aliphatic carbocycles. The molecule has 2 amide bonds. The molecular formula is C23H25N3O2. The molecule has 0 aliphatic rings. The lowest BCUT2D eigenvalue weighted by molar-refractivity contribution is -0.129. The quantitative estimate of drug-likeness (QED) is 0.743. The molecule has 0 spiro atoms. The number of carbonyl (C=O) groups is 2. The highest BCUT2D eigenvalue weighted by Gasteiger charge is 2.16. The van der Waals surface area contributed by atoms with Gasteiger partial charge in [-0.15, -0.1) is 0 Å². The van der Waals surface area contributed by atoms with Gasteiger partial charge in [-0.1, -0.05) is 30.3 Å². The van der Waals surface area contributed by atoms with Crippen molar-refractivity contribution >= 4 is 22.7 Å². The highest BCUT2D eigenvalue weighted by atomic mass is 16.2. The number of aromatic nitrogens is 1. The van der Waals surface area contributed by atoms with E-state index in [9.17, 15) is 9.59 Å². The third-order valence-electron chi connectivity index (χ3n) is 5.10. The summed E-state index contributed by atoms with van der Waals surface area (Å²) in [7, 11) is 3.41. The zero-order valence-electron chi connectivity index (χ0n) is 16.7. The summed E-state index contributed by atoms with van der Waals surface area (Å²) in [5.74, 6) is -0.0793. The number of carbonyl (C=O) groups excluding carboxylic acids is 2. The van der Waals surface area contributed by atoms with Crippen molar-refractivity contribution in [2.45, 2.75) is 26.8 Å². The average molecular weight is 375 g/mol. The SMILES string of the molecule is CNC(=O)c1ccc(CN(C)C(=O)Cc2c(C)nc3ccccc3c2C)cc1. The van der Waals surface area contributed by atoms with Gasteiger partial charge in [0.1, 0.15) is 0 Å². The summed E-state index contributed by atoms with van der Waals surface area (Å²) in [6, 6.07) is 15.3. The molecule has 3 rings (SSSR count). The standard InChI is InChI=1S/C23H25N3O2/c1-15-19-7-5-6-8-21(19)25-16(2)20(15)13-22(27)26(4)14-17-9-11-18(12-10-17)23(28)24-3/h5-12H,13-14H2,1-4H3,(H,24,28). The number of likely N-dealkylation sites (N-methyl/N-ethyl adjacent to an activating group) is 1. The molecular weight excluding hydrogens is 350 g/mol. The lowest BCUT2D eigenvalue weighted by Crippen LogP contribution is -2.28. The van der Waals surface area contributed by atoms with Crippen LogP contribution in [0.5, 0.6) is 0 Å². The second-order valence-corrected chi connectivity index (χ2v) is 7.02. The van der Waals surface area contributed by atoms with E-state index in [0.29, 0.717) is 18.5 Å². The zero-order chi connectivity index (χ0) is 20.3. The predicted molar refractivity (Wildman–Crippen MR) is 111 cm³/mol. The van der Waals surface area contributed by atoms with Crippen LogP contribution in [0, 0.1) is 13.8 Å². The maximum absolute atomic E-state index is 12.8. The number of nitrogens with one attached hydrogen (secondary N) is 1. The van der Waals surface area contributed by atoms with E-state index in [1.54, 1.807) is 31.1 Å². The van der Waals surface area contributed by atoms with Crippen LogP contribution in [0.1, 0.15) is 32.7 Å². The van der Waals surface area contributed by atoms with E-state index >= 15 is 0 Å². The minimum Gasteiger partial charge on any atom is -0.355 e. The van der Waals surface area contributed by atoms with Crippen molar-refractivity contribution in [1.29, 1.82) is 0 Å². The monoisotopic (exact) mass is 375 g/mol. The molecule has 0 saturated heterocycles. The highest BCUT2D eigenvalue weighted by molar-refractivity contribution is 5.94. The summed E-state index contributed by atoms with van der Waals surface area (Å²) in [6.07, 6.45) is 0.322. The van der Waals surface area contributed by atoms with Gasteiger partial charge in [0.25, 0.3) is 5.91 Å². The van der Waals surface area contributed by atoms with Crippen molar-refractivity contribution in [2.24, 2.45) is 0 Å². The van der Waals surface area contributed by atoms with Crippen molar-refractivity contribution in [3.05, 3.63) is 76.5 Å². The maximum Gasteiger partial charge on any atom is 0.251 e. The van der Waals surface area contributed by atoms with Crippen LogP contribution in [0.25, 0.3) is 10.9 Å². The first kappa shape index (κ1) is 19.5. The summed E-state index contributed by atoms with van der Waals surface area (Å²) < 4.78 is 0. The van der Waals surface area contributed by atoms with Gasteiger partial charge >= 0.3 is 0 Å². The fraction of sp³-hybridized carbons (Fsp3) is 0.261. The van der Waals surface area contributed by atoms with Crippen LogP contribution in [-0.4, -0.2) is 35.8 Å². The first-order valence-electron chi connectivity index (χ1n) is 9.30. The molecule has 5 heteroatoms. The van der Waals surface area contributed by atoms with Crippen molar-refractivity contribution in [3.63, 3.8) is 0 Å². The number of fused-ring (bicyclic) bond motifs is 1. The molecule has 1 N–H and O–H groups in total. The number of amides is 2. The maximum atomic E-state index is 12.8. The van der Waals surface area contributed by atoms with E-state index < -0.39 is 0 Å². The normalized spacial score (nSPS) is 10.7. The second-order valence-electron chi connectivity index (χ2n) is 7.02. The number of para-hydroxylation sites is 1. The van der Waals surface area contributed by atoms with Crippen LogP contribution in [0.4, 0.5) is 0 Å². The van der Waals surface area contributed by atoms with Gasteiger partial charge in [-0.3, -0.25) is 14.6 Å². The minimum absolute atomic E-state index is 0.0404. The molecule has 3 aromatic rings. The highest BCUT2D eigenvalue weighted by Crippen LogP contribution is 2.23. The van der Waals surface area contributed by atoms with Crippen molar-refractivity contribution in [1.82, 2.24) is 15.2 Å². The van der Waals surface area contributed by atoms with Gasteiger partial charge in [0.2, 0.25) is 5.91 Å². The van der Waals surface area contributed by atoms with Crippen molar-refractivity contribution < 1.29 is 9.59 Å². The Morgan fingerprint density at radius 3 is 2.39 bits per heavy atom.